The van der Waals surface area contributed by atoms with Crippen molar-refractivity contribution in [2.75, 3.05) is 0 Å². The minimum Gasteiger partial charge on any atom is -0.308 e. The molecule has 0 saturated carbocycles. The van der Waals surface area contributed by atoms with Gasteiger partial charge >= 0.3 is 0 Å². The predicted molar refractivity (Wildman–Crippen MR) is 40.5 cm³/mol. The standard InChI is InChI=1S/C7H7ClO3/c1-5-4-6(8)2-3-7(5)10-11-9/h2-4,9H,1H3. The van der Waals surface area contributed by atoms with Crippen LogP contribution < -0.4 is 4.89 Å². The highest BCUT2D eigenvalue weighted by Gasteiger charge is 1.99. The van der Waals surface area contributed by atoms with Gasteiger partial charge in [0.25, 0.3) is 0 Å². The fourth-order valence-corrected chi connectivity index (χ4v) is 0.973. The third-order valence-electron chi connectivity index (χ3n) is 1.26. The van der Waals surface area contributed by atoms with Crippen molar-refractivity contribution in [3.05, 3.63) is 28.8 Å². The summed E-state index contributed by atoms with van der Waals surface area (Å²) >= 11 is 5.66. The van der Waals surface area contributed by atoms with Crippen molar-refractivity contribution in [2.45, 2.75) is 6.92 Å². The van der Waals surface area contributed by atoms with Crippen molar-refractivity contribution in [1.29, 1.82) is 0 Å². The average molecular weight is 175 g/mol. The van der Waals surface area contributed by atoms with Crippen molar-refractivity contribution in [2.24, 2.45) is 0 Å². The maximum absolute atomic E-state index is 7.96. The van der Waals surface area contributed by atoms with Crippen molar-refractivity contribution < 1.29 is 15.2 Å². The molecule has 0 aliphatic heterocycles. The molecule has 0 aliphatic carbocycles. The molecule has 0 aliphatic rings. The van der Waals surface area contributed by atoms with E-state index in [-0.39, 0.29) is 0 Å². The number of halogens is 1. The van der Waals surface area contributed by atoms with Crippen LogP contribution in [0.3, 0.4) is 0 Å². The molecular formula is C7H7ClO3. The van der Waals surface area contributed by atoms with Gasteiger partial charge in [0.1, 0.15) is 0 Å². The van der Waals surface area contributed by atoms with Crippen LogP contribution >= 0.6 is 11.6 Å². The lowest BCUT2D eigenvalue weighted by molar-refractivity contribution is -0.439. The van der Waals surface area contributed by atoms with E-state index < -0.39 is 0 Å². The Kier molecular flexibility index (Phi) is 2.70. The lowest BCUT2D eigenvalue weighted by Gasteiger charge is -2.01. The SMILES string of the molecule is Cc1cc(Cl)ccc1OOO. The summed E-state index contributed by atoms with van der Waals surface area (Å²) in [5.74, 6) is 0.442. The van der Waals surface area contributed by atoms with Gasteiger partial charge in [0.2, 0.25) is 0 Å². The Balaban J connectivity index is 2.90. The monoisotopic (exact) mass is 174 g/mol. The van der Waals surface area contributed by atoms with E-state index >= 15 is 0 Å². The lowest BCUT2D eigenvalue weighted by Crippen LogP contribution is -1.92. The van der Waals surface area contributed by atoms with Crippen LogP contribution in [0.2, 0.25) is 5.02 Å². The van der Waals surface area contributed by atoms with Crippen molar-refractivity contribution in [3.63, 3.8) is 0 Å². The lowest BCUT2D eigenvalue weighted by atomic mass is 10.2. The molecule has 0 heterocycles. The molecule has 1 aromatic carbocycles. The first-order valence-corrected chi connectivity index (χ1v) is 3.36. The summed E-state index contributed by atoms with van der Waals surface area (Å²) in [6, 6.07) is 4.95. The maximum Gasteiger partial charge on any atom is 0.171 e. The third-order valence-corrected chi connectivity index (χ3v) is 1.50. The minimum atomic E-state index is 0.442. The summed E-state index contributed by atoms with van der Waals surface area (Å²) in [6.07, 6.45) is 0. The average Bonchev–Trinajstić information content (AvgIpc) is 1.95. The zero-order chi connectivity index (χ0) is 8.27. The number of rotatable bonds is 2. The number of hydrogen-bond acceptors (Lipinski definition) is 3. The summed E-state index contributed by atoms with van der Waals surface area (Å²) in [6.45, 7) is 1.79. The summed E-state index contributed by atoms with van der Waals surface area (Å²) in [4.78, 5) is 4.39. The Labute approximate surface area is 69.0 Å². The molecule has 0 unspecified atom stereocenters. The Morgan fingerprint density at radius 3 is 2.73 bits per heavy atom. The quantitative estimate of drug-likeness (QED) is 0.553. The third kappa shape index (κ3) is 2.08. The first-order chi connectivity index (χ1) is 5.24. The molecule has 0 atom stereocenters. The zero-order valence-electron chi connectivity index (χ0n) is 5.87. The van der Waals surface area contributed by atoms with Crippen LogP contribution in [-0.2, 0) is 5.04 Å². The fraction of sp³-hybridized carbons (Fsp3) is 0.143. The molecule has 3 nitrogen and oxygen atoms in total. The van der Waals surface area contributed by atoms with Gasteiger partial charge in [-0.3, -0.25) is 0 Å². The second-order valence-corrected chi connectivity index (χ2v) is 2.50. The largest absolute Gasteiger partial charge is 0.308 e. The van der Waals surface area contributed by atoms with E-state index in [9.17, 15) is 0 Å². The predicted octanol–water partition coefficient (Wildman–Crippen LogP) is 2.43. The summed E-state index contributed by atoms with van der Waals surface area (Å²) in [5, 5.41) is 12.1. The Morgan fingerprint density at radius 2 is 2.18 bits per heavy atom. The number of benzene rings is 1. The highest BCUT2D eigenvalue weighted by Crippen LogP contribution is 2.21. The molecule has 1 N–H and O–H groups in total. The molecule has 1 aromatic rings. The Hall–Kier alpha value is -0.770. The molecule has 0 bridgehead atoms. The minimum absolute atomic E-state index is 0.442. The van der Waals surface area contributed by atoms with Crippen molar-refractivity contribution in [1.82, 2.24) is 0 Å². The van der Waals surface area contributed by atoms with E-state index in [4.69, 9.17) is 16.9 Å². The Bertz CT molecular complexity index is 249. The van der Waals surface area contributed by atoms with E-state index in [1.54, 1.807) is 25.1 Å². The molecule has 0 aromatic heterocycles. The molecule has 0 amide bonds. The van der Waals surface area contributed by atoms with Gasteiger partial charge in [0.05, 0.1) is 0 Å². The first-order valence-electron chi connectivity index (χ1n) is 2.98. The fourth-order valence-electron chi connectivity index (χ4n) is 0.746. The van der Waals surface area contributed by atoms with Crippen LogP contribution in [0.4, 0.5) is 0 Å². The van der Waals surface area contributed by atoms with Crippen LogP contribution in [0.25, 0.3) is 0 Å². The van der Waals surface area contributed by atoms with Crippen molar-refractivity contribution in [3.8, 4) is 5.75 Å². The van der Waals surface area contributed by atoms with Gasteiger partial charge in [0, 0.05) is 5.02 Å². The smallest absolute Gasteiger partial charge is 0.171 e. The normalized spacial score (nSPS) is 9.73. The van der Waals surface area contributed by atoms with E-state index in [1.807, 2.05) is 0 Å². The van der Waals surface area contributed by atoms with E-state index in [0.29, 0.717) is 10.8 Å². The van der Waals surface area contributed by atoms with Gasteiger partial charge in [-0.2, -0.15) is 0 Å². The second-order valence-electron chi connectivity index (χ2n) is 2.07. The van der Waals surface area contributed by atoms with Crippen LogP contribution in [0, 0.1) is 6.92 Å². The molecule has 0 saturated heterocycles. The van der Waals surface area contributed by atoms with Crippen molar-refractivity contribution >= 4 is 11.6 Å². The van der Waals surface area contributed by atoms with E-state index in [1.165, 1.54) is 0 Å². The van der Waals surface area contributed by atoms with E-state index in [2.05, 4.69) is 9.93 Å². The highest BCUT2D eigenvalue weighted by molar-refractivity contribution is 6.30. The van der Waals surface area contributed by atoms with E-state index in [0.717, 1.165) is 5.56 Å². The molecule has 60 valence electrons. The van der Waals surface area contributed by atoms with Gasteiger partial charge in [-0.25, -0.2) is 5.26 Å². The van der Waals surface area contributed by atoms with Gasteiger partial charge in [-0.15, -0.1) is 0 Å². The number of aryl methyl sites for hydroxylation is 1. The summed E-state index contributed by atoms with van der Waals surface area (Å²) in [5.41, 5.74) is 0.798. The molecule has 0 radical (unpaired) electrons. The summed E-state index contributed by atoms with van der Waals surface area (Å²) in [7, 11) is 0. The van der Waals surface area contributed by atoms with Gasteiger partial charge in [-0.05, 0) is 35.7 Å². The highest BCUT2D eigenvalue weighted by atomic mass is 35.5. The topological polar surface area (TPSA) is 38.7 Å². The molecule has 0 spiro atoms. The second kappa shape index (κ2) is 3.57. The maximum atomic E-state index is 7.96. The molecule has 0 fully saturated rings. The van der Waals surface area contributed by atoms with Crippen LogP contribution in [-0.4, -0.2) is 5.26 Å². The van der Waals surface area contributed by atoms with Crippen LogP contribution in [0.15, 0.2) is 18.2 Å². The zero-order valence-corrected chi connectivity index (χ0v) is 6.63. The molecule has 11 heavy (non-hydrogen) atoms. The summed E-state index contributed by atoms with van der Waals surface area (Å²) < 4.78 is 0. The molecule has 4 heteroatoms. The van der Waals surface area contributed by atoms with Gasteiger partial charge in [0.15, 0.2) is 5.75 Å². The van der Waals surface area contributed by atoms with Gasteiger partial charge < -0.3 is 4.89 Å². The number of hydrogen-bond donors (Lipinski definition) is 1. The van der Waals surface area contributed by atoms with Crippen LogP contribution in [0.5, 0.6) is 5.75 Å². The Morgan fingerprint density at radius 1 is 1.45 bits per heavy atom. The van der Waals surface area contributed by atoms with Gasteiger partial charge in [-0.1, -0.05) is 11.6 Å². The first kappa shape index (κ1) is 8.33. The molecular weight excluding hydrogens is 168 g/mol. The van der Waals surface area contributed by atoms with Crippen LogP contribution in [0.1, 0.15) is 5.56 Å². The molecule has 1 rings (SSSR count).